The van der Waals surface area contributed by atoms with Gasteiger partial charge in [0.05, 0.1) is 23.8 Å². The van der Waals surface area contributed by atoms with Crippen molar-refractivity contribution < 1.29 is 24.9 Å². The number of methoxy groups -OCH3 is 1. The van der Waals surface area contributed by atoms with Crippen molar-refractivity contribution in [2.45, 2.75) is 18.6 Å². The first-order chi connectivity index (χ1) is 8.51. The third kappa shape index (κ3) is 3.43. The molecule has 0 radical (unpaired) electrons. The molecule has 0 saturated heterocycles. The second kappa shape index (κ2) is 6.70. The third-order valence-electron chi connectivity index (χ3n) is 2.53. The van der Waals surface area contributed by atoms with Crippen LogP contribution < -0.4 is 0 Å². The van der Waals surface area contributed by atoms with Crippen molar-refractivity contribution in [2.75, 3.05) is 13.7 Å². The van der Waals surface area contributed by atoms with Crippen LogP contribution in [-0.2, 0) is 4.74 Å². The van der Waals surface area contributed by atoms with Gasteiger partial charge in [-0.25, -0.2) is 4.79 Å². The predicted octanol–water partition coefficient (Wildman–Crippen LogP) is 0.903. The Balaban J connectivity index is 2.93. The molecule has 2 unspecified atom stereocenters. The number of carbonyl (C=O) groups is 1. The maximum atomic E-state index is 11.3. The zero-order valence-electron chi connectivity index (χ0n) is 9.84. The summed E-state index contributed by atoms with van der Waals surface area (Å²) in [4.78, 5) is 11.3. The molecular weight excluding hydrogens is 260 g/mol. The number of rotatable bonds is 5. The summed E-state index contributed by atoms with van der Waals surface area (Å²) in [7, 11) is 1.24. The molecule has 1 aromatic carbocycles. The topological polar surface area (TPSA) is 87.0 Å². The number of aliphatic hydroxyl groups is 3. The molecule has 1 rings (SSSR count). The number of halogens is 1. The Hall–Kier alpha value is -1.14. The monoisotopic (exact) mass is 274 g/mol. The molecule has 0 spiro atoms. The minimum absolute atomic E-state index is 0.0531. The molecule has 0 bridgehead atoms. The number of carbonyl (C=O) groups excluding carboxylic acids is 1. The Morgan fingerprint density at radius 1 is 1.44 bits per heavy atom. The van der Waals surface area contributed by atoms with Crippen LogP contribution in [0.2, 0.25) is 5.02 Å². The van der Waals surface area contributed by atoms with Gasteiger partial charge >= 0.3 is 5.97 Å². The van der Waals surface area contributed by atoms with Crippen LogP contribution in [0.3, 0.4) is 0 Å². The Kier molecular flexibility index (Phi) is 5.55. The summed E-state index contributed by atoms with van der Waals surface area (Å²) >= 11 is 5.89. The predicted molar refractivity (Wildman–Crippen MR) is 65.5 cm³/mol. The van der Waals surface area contributed by atoms with Gasteiger partial charge in [-0.1, -0.05) is 17.7 Å². The van der Waals surface area contributed by atoms with Crippen molar-refractivity contribution in [3.63, 3.8) is 0 Å². The molecule has 0 amide bonds. The fourth-order valence-corrected chi connectivity index (χ4v) is 1.77. The summed E-state index contributed by atoms with van der Waals surface area (Å²) in [5.74, 6) is -0.572. The zero-order valence-corrected chi connectivity index (χ0v) is 10.6. The van der Waals surface area contributed by atoms with Crippen molar-refractivity contribution in [2.24, 2.45) is 0 Å². The Labute approximate surface area is 110 Å². The van der Waals surface area contributed by atoms with E-state index < -0.39 is 18.2 Å². The summed E-state index contributed by atoms with van der Waals surface area (Å²) in [5, 5.41) is 28.1. The lowest BCUT2D eigenvalue weighted by atomic mass is 10.0. The molecule has 1 aromatic rings. The van der Waals surface area contributed by atoms with Gasteiger partial charge in [0, 0.05) is 6.61 Å². The SMILES string of the molecule is COC(=O)c1ccc(C(O)C(O)CCO)cc1Cl. The summed E-state index contributed by atoms with van der Waals surface area (Å²) in [6.45, 7) is -0.230. The number of aliphatic hydroxyl groups excluding tert-OH is 3. The van der Waals surface area contributed by atoms with E-state index in [9.17, 15) is 15.0 Å². The number of esters is 1. The van der Waals surface area contributed by atoms with Gasteiger partial charge in [-0.15, -0.1) is 0 Å². The molecule has 0 aliphatic carbocycles. The summed E-state index contributed by atoms with van der Waals surface area (Å²) in [5.41, 5.74) is 0.556. The Morgan fingerprint density at radius 3 is 2.61 bits per heavy atom. The first-order valence-corrected chi connectivity index (χ1v) is 5.73. The van der Waals surface area contributed by atoms with Crippen molar-refractivity contribution in [1.29, 1.82) is 0 Å². The number of hydrogen-bond donors (Lipinski definition) is 3. The van der Waals surface area contributed by atoms with Crippen LogP contribution in [0.4, 0.5) is 0 Å². The molecule has 0 heterocycles. The Bertz CT molecular complexity index is 421. The van der Waals surface area contributed by atoms with E-state index in [0.29, 0.717) is 5.56 Å². The van der Waals surface area contributed by atoms with Crippen LogP contribution in [0.25, 0.3) is 0 Å². The largest absolute Gasteiger partial charge is 0.465 e. The standard InChI is InChI=1S/C12H15ClO5/c1-18-12(17)8-3-2-7(6-9(8)13)11(16)10(15)4-5-14/h2-3,6,10-11,14-16H,4-5H2,1H3. The maximum Gasteiger partial charge on any atom is 0.339 e. The fourth-order valence-electron chi connectivity index (χ4n) is 1.50. The van der Waals surface area contributed by atoms with Gasteiger partial charge in [-0.2, -0.15) is 0 Å². The van der Waals surface area contributed by atoms with Crippen LogP contribution in [0.5, 0.6) is 0 Å². The highest BCUT2D eigenvalue weighted by Crippen LogP contribution is 2.25. The van der Waals surface area contributed by atoms with Gasteiger partial charge < -0.3 is 20.1 Å². The second-order valence-corrected chi connectivity index (χ2v) is 4.16. The van der Waals surface area contributed by atoms with Crippen molar-refractivity contribution in [3.8, 4) is 0 Å². The first-order valence-electron chi connectivity index (χ1n) is 5.36. The summed E-state index contributed by atoms with van der Waals surface area (Å²) in [6.07, 6.45) is -2.20. The van der Waals surface area contributed by atoms with Gasteiger partial charge in [0.2, 0.25) is 0 Å². The van der Waals surface area contributed by atoms with E-state index in [1.54, 1.807) is 0 Å². The van der Waals surface area contributed by atoms with Crippen molar-refractivity contribution in [3.05, 3.63) is 34.3 Å². The molecule has 0 fully saturated rings. The van der Waals surface area contributed by atoms with Crippen LogP contribution >= 0.6 is 11.6 Å². The Morgan fingerprint density at radius 2 is 2.11 bits per heavy atom. The van der Waals surface area contributed by atoms with Gasteiger partial charge in [0.1, 0.15) is 6.10 Å². The van der Waals surface area contributed by atoms with Crippen molar-refractivity contribution >= 4 is 17.6 Å². The van der Waals surface area contributed by atoms with Crippen LogP contribution in [-0.4, -0.2) is 41.1 Å². The van der Waals surface area contributed by atoms with E-state index in [-0.39, 0.29) is 23.6 Å². The van der Waals surface area contributed by atoms with E-state index in [2.05, 4.69) is 4.74 Å². The highest BCUT2D eigenvalue weighted by Gasteiger charge is 2.20. The molecule has 18 heavy (non-hydrogen) atoms. The van der Waals surface area contributed by atoms with Gasteiger partial charge in [0.25, 0.3) is 0 Å². The van der Waals surface area contributed by atoms with E-state index in [1.807, 2.05) is 0 Å². The molecule has 6 heteroatoms. The lowest BCUT2D eigenvalue weighted by molar-refractivity contribution is 0.00421. The first kappa shape index (κ1) is 14.9. The van der Waals surface area contributed by atoms with Crippen LogP contribution in [0.15, 0.2) is 18.2 Å². The third-order valence-corrected chi connectivity index (χ3v) is 2.84. The maximum absolute atomic E-state index is 11.3. The summed E-state index contributed by atoms with van der Waals surface area (Å²) in [6, 6.07) is 4.28. The number of benzene rings is 1. The fraction of sp³-hybridized carbons (Fsp3) is 0.417. The highest BCUT2D eigenvalue weighted by atomic mass is 35.5. The molecule has 0 saturated carbocycles. The number of ether oxygens (including phenoxy) is 1. The minimum Gasteiger partial charge on any atom is -0.465 e. The molecule has 100 valence electrons. The zero-order chi connectivity index (χ0) is 13.7. The summed E-state index contributed by atoms with van der Waals surface area (Å²) < 4.78 is 4.54. The van der Waals surface area contributed by atoms with E-state index in [4.69, 9.17) is 16.7 Å². The van der Waals surface area contributed by atoms with Gasteiger partial charge in [-0.3, -0.25) is 0 Å². The molecular formula is C12H15ClO5. The number of hydrogen-bond acceptors (Lipinski definition) is 5. The average Bonchev–Trinajstić information content (AvgIpc) is 2.37. The highest BCUT2D eigenvalue weighted by molar-refractivity contribution is 6.33. The van der Waals surface area contributed by atoms with E-state index in [0.717, 1.165) is 0 Å². The minimum atomic E-state index is -1.17. The van der Waals surface area contributed by atoms with E-state index >= 15 is 0 Å². The molecule has 2 atom stereocenters. The smallest absolute Gasteiger partial charge is 0.339 e. The quantitative estimate of drug-likeness (QED) is 0.695. The van der Waals surface area contributed by atoms with Crippen LogP contribution in [0, 0.1) is 0 Å². The molecule has 0 aromatic heterocycles. The normalized spacial score (nSPS) is 14.1. The molecule has 0 aliphatic heterocycles. The van der Waals surface area contributed by atoms with Crippen molar-refractivity contribution in [1.82, 2.24) is 0 Å². The molecule has 5 nitrogen and oxygen atoms in total. The molecule has 3 N–H and O–H groups in total. The van der Waals surface area contributed by atoms with E-state index in [1.165, 1.54) is 25.3 Å². The van der Waals surface area contributed by atoms with Gasteiger partial charge in [-0.05, 0) is 24.1 Å². The van der Waals surface area contributed by atoms with Crippen LogP contribution in [0.1, 0.15) is 28.4 Å². The second-order valence-electron chi connectivity index (χ2n) is 3.76. The average molecular weight is 275 g/mol. The molecule has 0 aliphatic rings. The lowest BCUT2D eigenvalue weighted by Gasteiger charge is -2.17. The van der Waals surface area contributed by atoms with Gasteiger partial charge in [0.15, 0.2) is 0 Å². The lowest BCUT2D eigenvalue weighted by Crippen LogP contribution is -2.19.